The van der Waals surface area contributed by atoms with E-state index in [9.17, 15) is 9.90 Å². The second-order valence-corrected chi connectivity index (χ2v) is 8.05. The summed E-state index contributed by atoms with van der Waals surface area (Å²) in [4.78, 5) is 16.6. The van der Waals surface area contributed by atoms with E-state index < -0.39 is 11.7 Å². The number of pyridine rings is 1. The Labute approximate surface area is 174 Å². The first-order valence-electron chi connectivity index (χ1n) is 9.79. The lowest BCUT2D eigenvalue weighted by Crippen LogP contribution is -2.26. The minimum Gasteiger partial charge on any atom is -0.443 e. The standard InChI is InChI=1S/C23H24N4O3/c1-23(2,3)30-22(29)27-11-8-18-14-17(4-5-20(18)27)19-15-26(12-13-28)25-21(19)16-6-9-24-10-7-16/h4-11,14-15,28H,12-13H2,1-3H3. The molecule has 1 aromatic carbocycles. The maximum absolute atomic E-state index is 12.5. The van der Waals surface area contributed by atoms with Crippen LogP contribution in [-0.4, -0.2) is 42.7 Å². The van der Waals surface area contributed by atoms with Gasteiger partial charge in [-0.15, -0.1) is 0 Å². The summed E-state index contributed by atoms with van der Waals surface area (Å²) >= 11 is 0. The highest BCUT2D eigenvalue weighted by Crippen LogP contribution is 2.33. The molecular formula is C23H24N4O3. The van der Waals surface area contributed by atoms with Gasteiger partial charge >= 0.3 is 6.09 Å². The Morgan fingerprint density at radius 2 is 1.87 bits per heavy atom. The van der Waals surface area contributed by atoms with Crippen molar-refractivity contribution in [3.8, 4) is 22.4 Å². The van der Waals surface area contributed by atoms with Gasteiger partial charge in [0.2, 0.25) is 0 Å². The molecule has 3 heterocycles. The van der Waals surface area contributed by atoms with Crippen LogP contribution < -0.4 is 0 Å². The lowest BCUT2D eigenvalue weighted by Gasteiger charge is -2.19. The van der Waals surface area contributed by atoms with Gasteiger partial charge in [0.1, 0.15) is 11.3 Å². The molecule has 4 aromatic rings. The molecule has 0 aliphatic carbocycles. The number of aromatic nitrogens is 4. The summed E-state index contributed by atoms with van der Waals surface area (Å²) < 4.78 is 8.75. The van der Waals surface area contributed by atoms with Crippen LogP contribution in [0.2, 0.25) is 0 Å². The minimum atomic E-state index is -0.561. The van der Waals surface area contributed by atoms with Gasteiger partial charge in [-0.05, 0) is 56.7 Å². The summed E-state index contributed by atoms with van der Waals surface area (Å²) in [5, 5.41) is 14.9. The number of carbonyl (C=O) groups excluding carboxylic acids is 1. The predicted octanol–water partition coefficient (Wildman–Crippen LogP) is 4.34. The van der Waals surface area contributed by atoms with Crippen LogP contribution in [0.15, 0.2) is 61.2 Å². The first kappa shape index (κ1) is 19.8. The molecule has 0 radical (unpaired) electrons. The van der Waals surface area contributed by atoms with E-state index >= 15 is 0 Å². The van der Waals surface area contributed by atoms with Gasteiger partial charge in [-0.3, -0.25) is 14.2 Å². The Bertz CT molecular complexity index is 1190. The third-order valence-corrected chi connectivity index (χ3v) is 4.64. The molecular weight excluding hydrogens is 380 g/mol. The SMILES string of the molecule is CC(C)(C)OC(=O)n1ccc2cc(-c3cn(CCO)nc3-c3ccncc3)ccc21. The highest BCUT2D eigenvalue weighted by molar-refractivity contribution is 5.93. The Morgan fingerprint density at radius 3 is 2.57 bits per heavy atom. The van der Waals surface area contributed by atoms with Crippen LogP contribution in [0.4, 0.5) is 4.79 Å². The van der Waals surface area contributed by atoms with Crippen LogP contribution in [0.5, 0.6) is 0 Å². The molecule has 0 atom stereocenters. The van der Waals surface area contributed by atoms with Crippen molar-refractivity contribution in [3.63, 3.8) is 0 Å². The lowest BCUT2D eigenvalue weighted by molar-refractivity contribution is 0.0544. The van der Waals surface area contributed by atoms with Crippen LogP contribution in [0.1, 0.15) is 20.8 Å². The molecule has 0 unspecified atom stereocenters. The largest absolute Gasteiger partial charge is 0.443 e. The van der Waals surface area contributed by atoms with E-state index in [2.05, 4.69) is 10.1 Å². The molecule has 7 nitrogen and oxygen atoms in total. The van der Waals surface area contributed by atoms with Gasteiger partial charge in [0, 0.05) is 41.3 Å². The number of carbonyl (C=O) groups is 1. The quantitative estimate of drug-likeness (QED) is 0.547. The molecule has 0 aliphatic rings. The molecule has 4 rings (SSSR count). The average molecular weight is 404 g/mol. The summed E-state index contributed by atoms with van der Waals surface area (Å²) in [5.74, 6) is 0. The number of hydrogen-bond donors (Lipinski definition) is 1. The molecule has 7 heteroatoms. The first-order valence-corrected chi connectivity index (χ1v) is 9.79. The number of aliphatic hydroxyl groups is 1. The highest BCUT2D eigenvalue weighted by Gasteiger charge is 2.20. The Hall–Kier alpha value is -3.45. The van der Waals surface area contributed by atoms with Crippen molar-refractivity contribution < 1.29 is 14.6 Å². The van der Waals surface area contributed by atoms with E-state index in [4.69, 9.17) is 4.74 Å². The second-order valence-electron chi connectivity index (χ2n) is 8.05. The van der Waals surface area contributed by atoms with Gasteiger partial charge in [0.05, 0.1) is 18.7 Å². The number of nitrogens with zero attached hydrogens (tertiary/aromatic N) is 4. The zero-order valence-corrected chi connectivity index (χ0v) is 17.2. The van der Waals surface area contributed by atoms with Gasteiger partial charge in [0.25, 0.3) is 0 Å². The molecule has 0 aliphatic heterocycles. The van der Waals surface area contributed by atoms with Crippen molar-refractivity contribution in [3.05, 3.63) is 61.2 Å². The smallest absolute Gasteiger partial charge is 0.418 e. The summed E-state index contributed by atoms with van der Waals surface area (Å²) in [7, 11) is 0. The lowest BCUT2D eigenvalue weighted by atomic mass is 10.0. The topological polar surface area (TPSA) is 82.2 Å². The van der Waals surface area contributed by atoms with Gasteiger partial charge in [-0.1, -0.05) is 6.07 Å². The van der Waals surface area contributed by atoms with Crippen molar-refractivity contribution in [2.45, 2.75) is 32.9 Å². The Morgan fingerprint density at radius 1 is 1.10 bits per heavy atom. The fourth-order valence-corrected chi connectivity index (χ4v) is 3.35. The zero-order valence-electron chi connectivity index (χ0n) is 17.2. The van der Waals surface area contributed by atoms with E-state index in [1.54, 1.807) is 23.3 Å². The molecule has 154 valence electrons. The fourth-order valence-electron chi connectivity index (χ4n) is 3.35. The third-order valence-electron chi connectivity index (χ3n) is 4.64. The Kier molecular flexibility index (Phi) is 5.13. The van der Waals surface area contributed by atoms with Crippen molar-refractivity contribution in [1.82, 2.24) is 19.3 Å². The van der Waals surface area contributed by atoms with E-state index in [1.807, 2.05) is 63.4 Å². The Balaban J connectivity index is 1.76. The van der Waals surface area contributed by atoms with Gasteiger partial charge in [-0.25, -0.2) is 4.79 Å². The number of ether oxygens (including phenoxy) is 1. The minimum absolute atomic E-state index is 0.00861. The van der Waals surface area contributed by atoms with Crippen LogP contribution in [0.25, 0.3) is 33.3 Å². The molecule has 0 bridgehead atoms. The normalized spacial score (nSPS) is 11.7. The van der Waals surface area contributed by atoms with Crippen LogP contribution in [0.3, 0.4) is 0 Å². The van der Waals surface area contributed by atoms with Gasteiger partial charge in [-0.2, -0.15) is 5.10 Å². The predicted molar refractivity (Wildman–Crippen MR) is 115 cm³/mol. The van der Waals surface area contributed by atoms with Gasteiger partial charge < -0.3 is 9.84 Å². The summed E-state index contributed by atoms with van der Waals surface area (Å²) in [6.07, 6.45) is 6.71. The molecule has 0 saturated carbocycles. The zero-order chi connectivity index (χ0) is 21.3. The molecule has 0 fully saturated rings. The van der Waals surface area contributed by atoms with Gasteiger partial charge in [0.15, 0.2) is 0 Å². The van der Waals surface area contributed by atoms with Crippen molar-refractivity contribution >= 4 is 17.0 Å². The van der Waals surface area contributed by atoms with Crippen molar-refractivity contribution in [2.24, 2.45) is 0 Å². The molecule has 30 heavy (non-hydrogen) atoms. The summed E-state index contributed by atoms with van der Waals surface area (Å²) in [5.41, 5.74) is 3.90. The van der Waals surface area contributed by atoms with E-state index in [1.165, 1.54) is 4.57 Å². The van der Waals surface area contributed by atoms with Crippen LogP contribution in [0, 0.1) is 0 Å². The molecule has 0 saturated heterocycles. The molecule has 1 N–H and O–H groups in total. The number of benzene rings is 1. The van der Waals surface area contributed by atoms with E-state index in [0.29, 0.717) is 6.54 Å². The molecule has 3 aromatic heterocycles. The van der Waals surface area contributed by atoms with Crippen LogP contribution >= 0.6 is 0 Å². The monoisotopic (exact) mass is 404 g/mol. The average Bonchev–Trinajstić information content (AvgIpc) is 3.31. The summed E-state index contributed by atoms with van der Waals surface area (Å²) in [6, 6.07) is 11.6. The fraction of sp³-hybridized carbons (Fsp3) is 0.261. The number of rotatable bonds is 4. The number of fused-ring (bicyclic) bond motifs is 1. The first-order chi connectivity index (χ1) is 14.4. The van der Waals surface area contributed by atoms with E-state index in [-0.39, 0.29) is 6.61 Å². The van der Waals surface area contributed by atoms with Crippen molar-refractivity contribution in [2.75, 3.05) is 6.61 Å². The number of hydrogen-bond acceptors (Lipinski definition) is 5. The summed E-state index contributed by atoms with van der Waals surface area (Å²) in [6.45, 7) is 5.96. The number of aliphatic hydroxyl groups excluding tert-OH is 1. The second kappa shape index (κ2) is 7.76. The highest BCUT2D eigenvalue weighted by atomic mass is 16.6. The van der Waals surface area contributed by atoms with E-state index in [0.717, 1.165) is 33.3 Å². The third kappa shape index (κ3) is 3.97. The maximum Gasteiger partial charge on any atom is 0.418 e. The maximum atomic E-state index is 12.5. The van der Waals surface area contributed by atoms with Crippen LogP contribution in [-0.2, 0) is 11.3 Å². The molecule has 0 spiro atoms. The van der Waals surface area contributed by atoms with Crippen molar-refractivity contribution in [1.29, 1.82) is 0 Å². The molecule has 0 amide bonds.